The maximum absolute atomic E-state index is 5.13. The van der Waals surface area contributed by atoms with E-state index in [2.05, 4.69) is 138 Å². The summed E-state index contributed by atoms with van der Waals surface area (Å²) in [6.07, 6.45) is 0. The first-order valence-electron chi connectivity index (χ1n) is 18.6. The fraction of sp³-hybridized carbons (Fsp3) is 0. The van der Waals surface area contributed by atoms with Crippen LogP contribution >= 0.6 is 0 Å². The highest BCUT2D eigenvalue weighted by Crippen LogP contribution is 2.39. The van der Waals surface area contributed by atoms with Gasteiger partial charge in [-0.1, -0.05) is 158 Å². The molecule has 0 spiro atoms. The number of hydrogen-bond acceptors (Lipinski definition) is 3. The molecular weight excluding hydrogens is 669 g/mol. The van der Waals surface area contributed by atoms with Crippen molar-refractivity contribution in [2.75, 3.05) is 0 Å². The quantitative estimate of drug-likeness (QED) is 0.179. The van der Waals surface area contributed by atoms with E-state index in [4.69, 9.17) is 15.0 Å². The second-order valence-electron chi connectivity index (χ2n) is 14.1. The fourth-order valence-electron chi connectivity index (χ4n) is 8.05. The third-order valence-corrected chi connectivity index (χ3v) is 10.8. The summed E-state index contributed by atoms with van der Waals surface area (Å²) in [5.41, 5.74) is 8.80. The molecule has 0 saturated carbocycles. The molecule has 0 aliphatic carbocycles. The minimum absolute atomic E-state index is 0.590. The minimum Gasteiger partial charge on any atom is -0.278 e. The highest BCUT2D eigenvalue weighted by molar-refractivity contribution is 6.21. The number of fused-ring (bicyclic) bond motifs is 7. The monoisotopic (exact) mass is 700 g/mol. The first-order valence-corrected chi connectivity index (χ1v) is 18.6. The zero-order valence-electron chi connectivity index (χ0n) is 29.8. The molecule has 0 fully saturated rings. The summed E-state index contributed by atoms with van der Waals surface area (Å²) in [6.45, 7) is 0. The van der Waals surface area contributed by atoms with Gasteiger partial charge in [-0.3, -0.25) is 4.57 Å². The Kier molecular flexibility index (Phi) is 7.14. The highest BCUT2D eigenvalue weighted by atomic mass is 15.2. The van der Waals surface area contributed by atoms with E-state index in [-0.39, 0.29) is 0 Å². The van der Waals surface area contributed by atoms with E-state index >= 15 is 0 Å². The summed E-state index contributed by atoms with van der Waals surface area (Å²) in [6, 6.07) is 68.9. The summed E-state index contributed by atoms with van der Waals surface area (Å²) in [4.78, 5) is 15.2. The lowest BCUT2D eigenvalue weighted by Crippen LogP contribution is -2.06. The Morgan fingerprint density at radius 3 is 1.40 bits per heavy atom. The van der Waals surface area contributed by atoms with Crippen LogP contribution in [0.25, 0.3) is 105 Å². The summed E-state index contributed by atoms with van der Waals surface area (Å²) < 4.78 is 2.19. The molecule has 4 heteroatoms. The molecule has 0 bridgehead atoms. The zero-order chi connectivity index (χ0) is 36.3. The summed E-state index contributed by atoms with van der Waals surface area (Å²) >= 11 is 0. The third kappa shape index (κ3) is 5.34. The van der Waals surface area contributed by atoms with Crippen LogP contribution in [0.1, 0.15) is 0 Å². The van der Waals surface area contributed by atoms with Crippen molar-refractivity contribution in [1.82, 2.24) is 19.5 Å². The van der Waals surface area contributed by atoms with Gasteiger partial charge in [-0.05, 0) is 91.0 Å². The lowest BCUT2D eigenvalue weighted by Gasteiger charge is -2.11. The molecule has 2 aromatic heterocycles. The number of hydrogen-bond donors (Lipinski definition) is 0. The van der Waals surface area contributed by atoms with Gasteiger partial charge in [0.25, 0.3) is 0 Å². The second kappa shape index (κ2) is 12.6. The van der Waals surface area contributed by atoms with Crippen molar-refractivity contribution in [3.8, 4) is 51.0 Å². The van der Waals surface area contributed by atoms with E-state index in [1.54, 1.807) is 0 Å². The molecule has 0 aliphatic rings. The molecule has 55 heavy (non-hydrogen) atoms. The van der Waals surface area contributed by atoms with Gasteiger partial charge in [0.2, 0.25) is 5.95 Å². The van der Waals surface area contributed by atoms with Gasteiger partial charge in [-0.25, -0.2) is 4.98 Å². The highest BCUT2D eigenvalue weighted by Gasteiger charge is 2.19. The van der Waals surface area contributed by atoms with E-state index in [9.17, 15) is 0 Å². The van der Waals surface area contributed by atoms with E-state index in [0.717, 1.165) is 27.5 Å². The topological polar surface area (TPSA) is 43.6 Å². The summed E-state index contributed by atoms with van der Waals surface area (Å²) in [7, 11) is 0. The normalized spacial score (nSPS) is 11.6. The van der Waals surface area contributed by atoms with Crippen molar-refractivity contribution in [2.24, 2.45) is 0 Å². The largest absolute Gasteiger partial charge is 0.278 e. The van der Waals surface area contributed by atoms with Crippen LogP contribution in [-0.2, 0) is 0 Å². The van der Waals surface area contributed by atoms with Gasteiger partial charge in [0.05, 0.1) is 11.0 Å². The Hall–Kier alpha value is -7.43. The molecule has 11 aromatic rings. The van der Waals surface area contributed by atoms with E-state index < -0.39 is 0 Å². The van der Waals surface area contributed by atoms with Crippen LogP contribution in [0, 0.1) is 0 Å². The third-order valence-electron chi connectivity index (χ3n) is 10.8. The van der Waals surface area contributed by atoms with Crippen molar-refractivity contribution in [3.63, 3.8) is 0 Å². The molecular formula is C51H32N4. The molecule has 0 unspecified atom stereocenters. The Bertz CT molecular complexity index is 3200. The molecule has 2 heterocycles. The Balaban J connectivity index is 1.06. The standard InChI is InChI=1S/C51H32N4/c1-3-12-35(13-4-1)49-52-50(36-14-5-2-6-15-36)54-51(53-49)55-46-18-10-9-17-44(46)48-45-32-43(22-20-34(45)27-28-47(48)55)42-26-25-40-30-39(23-24-41(40)31-42)38-21-19-33-11-7-8-16-37(33)29-38/h1-32H. The zero-order valence-corrected chi connectivity index (χ0v) is 29.8. The average Bonchev–Trinajstić information content (AvgIpc) is 3.61. The van der Waals surface area contributed by atoms with Gasteiger partial charge in [-0.2, -0.15) is 9.97 Å². The second-order valence-corrected chi connectivity index (χ2v) is 14.1. The van der Waals surface area contributed by atoms with Crippen LogP contribution in [0.4, 0.5) is 0 Å². The lowest BCUT2D eigenvalue weighted by molar-refractivity contribution is 0.953. The predicted octanol–water partition coefficient (Wildman–Crippen LogP) is 13.1. The molecule has 0 aliphatic heterocycles. The fourth-order valence-corrected chi connectivity index (χ4v) is 8.05. The molecule has 4 nitrogen and oxygen atoms in total. The Labute approximate surface area is 317 Å². The Morgan fingerprint density at radius 1 is 0.291 bits per heavy atom. The van der Waals surface area contributed by atoms with Crippen LogP contribution in [0.5, 0.6) is 0 Å². The molecule has 11 rings (SSSR count). The van der Waals surface area contributed by atoms with Crippen LogP contribution < -0.4 is 0 Å². The van der Waals surface area contributed by atoms with Gasteiger partial charge in [-0.15, -0.1) is 0 Å². The van der Waals surface area contributed by atoms with Crippen molar-refractivity contribution in [3.05, 3.63) is 194 Å². The van der Waals surface area contributed by atoms with Crippen LogP contribution in [0.3, 0.4) is 0 Å². The smallest absolute Gasteiger partial charge is 0.238 e. The Morgan fingerprint density at radius 2 is 0.764 bits per heavy atom. The maximum atomic E-state index is 5.13. The first-order chi connectivity index (χ1) is 27.2. The number of benzene rings is 9. The number of nitrogens with zero attached hydrogens (tertiary/aromatic N) is 4. The van der Waals surface area contributed by atoms with E-state index in [1.165, 1.54) is 60.0 Å². The number of rotatable bonds is 5. The van der Waals surface area contributed by atoms with Gasteiger partial charge in [0.15, 0.2) is 11.6 Å². The van der Waals surface area contributed by atoms with Gasteiger partial charge in [0, 0.05) is 21.9 Å². The van der Waals surface area contributed by atoms with Crippen LogP contribution in [0.2, 0.25) is 0 Å². The lowest BCUT2D eigenvalue weighted by atomic mass is 9.95. The van der Waals surface area contributed by atoms with Crippen molar-refractivity contribution in [1.29, 1.82) is 0 Å². The molecule has 0 atom stereocenters. The molecule has 0 radical (unpaired) electrons. The van der Waals surface area contributed by atoms with E-state index in [1.807, 2.05) is 60.7 Å². The summed E-state index contributed by atoms with van der Waals surface area (Å²) in [5, 5.41) is 9.67. The first kappa shape index (κ1) is 31.1. The molecule has 9 aromatic carbocycles. The SMILES string of the molecule is c1ccc(-c2nc(-c3ccccc3)nc(-n3c4ccccc4c4c5cc(-c6ccc7cc(-c8ccc9ccccc9c8)ccc7c6)ccc5ccc43)n2)cc1. The van der Waals surface area contributed by atoms with E-state index in [0.29, 0.717) is 17.6 Å². The summed E-state index contributed by atoms with van der Waals surface area (Å²) in [5.74, 6) is 1.87. The maximum Gasteiger partial charge on any atom is 0.238 e. The van der Waals surface area contributed by atoms with Crippen LogP contribution in [-0.4, -0.2) is 19.5 Å². The molecule has 256 valence electrons. The number of para-hydroxylation sites is 1. The predicted molar refractivity (Wildman–Crippen MR) is 228 cm³/mol. The average molecular weight is 701 g/mol. The van der Waals surface area contributed by atoms with Crippen molar-refractivity contribution < 1.29 is 0 Å². The van der Waals surface area contributed by atoms with Gasteiger partial charge >= 0.3 is 0 Å². The van der Waals surface area contributed by atoms with Crippen molar-refractivity contribution >= 4 is 54.1 Å². The molecule has 0 saturated heterocycles. The van der Waals surface area contributed by atoms with Gasteiger partial charge < -0.3 is 0 Å². The number of aromatic nitrogens is 4. The van der Waals surface area contributed by atoms with Gasteiger partial charge in [0.1, 0.15) is 0 Å². The molecule has 0 N–H and O–H groups in total. The van der Waals surface area contributed by atoms with Crippen LogP contribution in [0.15, 0.2) is 194 Å². The molecule has 0 amide bonds. The minimum atomic E-state index is 0.590. The van der Waals surface area contributed by atoms with Crippen molar-refractivity contribution in [2.45, 2.75) is 0 Å².